The van der Waals surface area contributed by atoms with Crippen LogP contribution in [0.1, 0.15) is 6.23 Å². The molecule has 3 heterocycles. The zero-order valence-corrected chi connectivity index (χ0v) is 16.8. The van der Waals surface area contributed by atoms with E-state index in [4.69, 9.17) is 9.63 Å². The number of ether oxygens (including phenoxy) is 1. The Kier molecular flexibility index (Phi) is 9.10. The normalized spacial score (nSPS) is 26.5. The molecule has 2 aromatic heterocycles. The summed E-state index contributed by atoms with van der Waals surface area (Å²) in [5.74, 6) is 0. The minimum atomic E-state index is -5.80. The summed E-state index contributed by atoms with van der Waals surface area (Å²) in [7, 11) is -11.1. The van der Waals surface area contributed by atoms with E-state index in [1.54, 1.807) is 0 Å². The van der Waals surface area contributed by atoms with Gasteiger partial charge in [0.2, 0.25) is 0 Å². The van der Waals surface area contributed by atoms with Gasteiger partial charge >= 0.3 is 45.5 Å². The number of hydrogen-bond donors (Lipinski definition) is 4. The minimum absolute atomic E-state index is 0. The number of phosphoric acid groups is 2. The third-order valence-electron chi connectivity index (χ3n) is 3.58. The fourth-order valence-electron chi connectivity index (χ4n) is 2.46. The summed E-state index contributed by atoms with van der Waals surface area (Å²) in [5, 5.41) is 20.2. The largest absolute Gasteiger partial charge is 1.00 e. The van der Waals surface area contributed by atoms with Crippen molar-refractivity contribution in [3.63, 3.8) is 0 Å². The number of aromatic nitrogens is 4. The molecule has 29 heavy (non-hydrogen) atoms. The molecule has 0 bridgehead atoms. The van der Waals surface area contributed by atoms with Crippen LogP contribution in [0.15, 0.2) is 17.4 Å². The average molecular weight is 444 g/mol. The smallest absolute Gasteiger partial charge is 0.789 e. The minimum Gasteiger partial charge on any atom is -0.789 e. The second-order valence-electron chi connectivity index (χ2n) is 5.40. The van der Waals surface area contributed by atoms with Crippen molar-refractivity contribution in [2.75, 3.05) is 6.61 Å². The third kappa shape index (κ3) is 6.11. The van der Waals surface area contributed by atoms with Crippen molar-refractivity contribution in [3.05, 3.63) is 23.0 Å². The van der Waals surface area contributed by atoms with Gasteiger partial charge < -0.3 is 39.2 Å². The van der Waals surface area contributed by atoms with Crippen molar-refractivity contribution in [3.8, 4) is 0 Å². The van der Waals surface area contributed by atoms with E-state index in [9.17, 15) is 33.9 Å². The van der Waals surface area contributed by atoms with Gasteiger partial charge in [-0.05, 0) is 0 Å². The topological polar surface area (TPSA) is 232 Å². The summed E-state index contributed by atoms with van der Waals surface area (Å²) in [4.78, 5) is 51.6. The molecule has 1 aliphatic heterocycles. The summed E-state index contributed by atoms with van der Waals surface area (Å²) in [6.07, 6.45) is -3.71. The van der Waals surface area contributed by atoms with E-state index in [2.05, 4.69) is 23.8 Å². The second kappa shape index (κ2) is 9.87. The van der Waals surface area contributed by atoms with Crippen LogP contribution < -0.4 is 53.1 Å². The first-order valence-corrected chi connectivity index (χ1v) is 10.1. The van der Waals surface area contributed by atoms with Gasteiger partial charge in [0, 0.05) is 0 Å². The van der Waals surface area contributed by atoms with Crippen molar-refractivity contribution in [1.82, 2.24) is 19.5 Å². The van der Waals surface area contributed by atoms with E-state index in [0.29, 0.717) is 0 Å². The maximum Gasteiger partial charge on any atom is 1.00 e. The zero-order valence-electron chi connectivity index (χ0n) is 15.0. The number of hydrogen-bond acceptors (Lipinski definition) is 12. The Morgan fingerprint density at radius 3 is 2.52 bits per heavy atom. The number of rotatable bonds is 6. The van der Waals surface area contributed by atoms with Gasteiger partial charge in [-0.3, -0.25) is 18.2 Å². The Labute approximate surface area is 185 Å². The van der Waals surface area contributed by atoms with Crippen LogP contribution in [0, 0.1) is 0 Å². The predicted octanol–water partition coefficient (Wildman–Crippen LogP) is -9.29. The Hall–Kier alpha value is -0.315. The van der Waals surface area contributed by atoms with E-state index in [-0.39, 0.29) is 48.9 Å². The monoisotopic (exact) mass is 444 g/mol. The number of H-pyrrole nitrogens is 1. The first-order valence-electron chi connectivity index (χ1n) is 7.11. The number of imidazole rings is 1. The molecule has 0 aromatic carbocycles. The van der Waals surface area contributed by atoms with Crippen LogP contribution in [0.25, 0.3) is 11.2 Å². The summed E-state index contributed by atoms with van der Waals surface area (Å²) >= 11 is 0. The van der Waals surface area contributed by atoms with Crippen molar-refractivity contribution in [2.45, 2.75) is 24.5 Å². The van der Waals surface area contributed by atoms with Gasteiger partial charge in [-0.1, -0.05) is 0 Å². The number of aliphatic hydroxyl groups is 2. The quantitative estimate of drug-likeness (QED) is 0.240. The predicted molar refractivity (Wildman–Crippen MR) is 78.5 cm³/mol. The van der Waals surface area contributed by atoms with Crippen molar-refractivity contribution < 1.29 is 85.3 Å². The molecule has 0 spiro atoms. The van der Waals surface area contributed by atoms with Gasteiger partial charge in [-0.25, -0.2) is 14.5 Å². The summed E-state index contributed by atoms with van der Waals surface area (Å²) in [6, 6.07) is 0. The molecular formula is C10H12Li2N4O11P2. The van der Waals surface area contributed by atoms with Gasteiger partial charge in [-0.15, -0.1) is 0 Å². The van der Waals surface area contributed by atoms with E-state index < -0.39 is 52.4 Å². The fraction of sp³-hybridized carbons (Fsp3) is 0.500. The zero-order chi connectivity index (χ0) is 20.0. The molecule has 2 unspecified atom stereocenters. The van der Waals surface area contributed by atoms with E-state index >= 15 is 0 Å². The molecule has 15 nitrogen and oxygen atoms in total. The van der Waals surface area contributed by atoms with Crippen LogP contribution >= 0.6 is 15.6 Å². The number of phosphoric ester groups is 1. The average Bonchev–Trinajstić information content (AvgIpc) is 3.07. The number of aliphatic hydroxyl groups excluding tert-OH is 2. The van der Waals surface area contributed by atoms with Crippen LogP contribution in [0.3, 0.4) is 0 Å². The molecular weight excluding hydrogens is 432 g/mol. The van der Waals surface area contributed by atoms with Crippen LogP contribution in [0.4, 0.5) is 0 Å². The summed E-state index contributed by atoms with van der Waals surface area (Å²) in [5.41, 5.74) is -0.575. The van der Waals surface area contributed by atoms with Crippen molar-refractivity contribution >= 4 is 26.8 Å². The molecule has 1 aliphatic rings. The molecule has 1 fully saturated rings. The van der Waals surface area contributed by atoms with Crippen LogP contribution in [0.5, 0.6) is 0 Å². The number of nitrogens with one attached hydrogen (secondary N) is 1. The van der Waals surface area contributed by atoms with Crippen molar-refractivity contribution in [2.24, 2.45) is 0 Å². The molecule has 150 valence electrons. The Morgan fingerprint density at radius 1 is 1.24 bits per heavy atom. The van der Waals surface area contributed by atoms with Gasteiger partial charge in [0.1, 0.15) is 18.3 Å². The van der Waals surface area contributed by atoms with E-state index in [1.165, 1.54) is 0 Å². The van der Waals surface area contributed by atoms with E-state index in [0.717, 1.165) is 17.2 Å². The number of nitrogens with zero attached hydrogens (tertiary/aromatic N) is 3. The molecule has 4 N–H and O–H groups in total. The first-order chi connectivity index (χ1) is 12.5. The molecule has 0 amide bonds. The van der Waals surface area contributed by atoms with E-state index in [1.807, 2.05) is 0 Å². The standard InChI is InChI=1S/C10H14N4O11P2.2Li/c15-6-4(1-23-27(21,22)25-26(18,19)20)24-10(7(6)16)14-3-13-5-8(14)11-2-12-9(5)17;;/h2-4,6-7,10,15-16H,1H2,(H,21,22)(H,11,12,17)(H2,18,19,20);;/q;2*+1/p-2/t4-,6+,7?,10-;;/m1../s1/i11+1,12+1,13+1,14+1;;. The van der Waals surface area contributed by atoms with Gasteiger partial charge in [0.25, 0.3) is 5.56 Å². The van der Waals surface area contributed by atoms with Crippen LogP contribution in [-0.4, -0.2) is 59.5 Å². The molecule has 1 saturated heterocycles. The Balaban J connectivity index is 0.00000210. The third-order valence-corrected chi connectivity index (χ3v) is 5.68. The Morgan fingerprint density at radius 2 is 1.90 bits per heavy atom. The van der Waals surface area contributed by atoms with Gasteiger partial charge in [0.05, 0.1) is 27.1 Å². The SMILES string of the molecule is O=c1[15nH]c[15n]c2c1[15n]c[15n]2[C@@H]1O[C@H](COP(=O)(O)OP(=O)([O-])[O-])[C@H](O)C1O.[Li+].[Li+]. The molecule has 5 atom stereocenters. The maximum absolute atomic E-state index is 11.7. The maximum atomic E-state index is 11.7. The molecule has 0 radical (unpaired) electrons. The fourth-order valence-corrected chi connectivity index (χ4v) is 4.00. The summed E-state index contributed by atoms with van der Waals surface area (Å²) < 4.78 is 35.9. The van der Waals surface area contributed by atoms with Gasteiger partial charge in [-0.2, -0.15) is 0 Å². The number of aromatic amines is 1. The first kappa shape index (κ1) is 26.7. The van der Waals surface area contributed by atoms with Crippen LogP contribution in [0.2, 0.25) is 0 Å². The Bertz CT molecular complexity index is 995. The van der Waals surface area contributed by atoms with Crippen LogP contribution in [-0.2, 0) is 22.7 Å². The molecule has 0 aliphatic carbocycles. The second-order valence-corrected chi connectivity index (χ2v) is 8.14. The molecule has 2 aromatic rings. The molecule has 0 saturated carbocycles. The number of fused-ring (bicyclic) bond motifs is 1. The summed E-state index contributed by atoms with van der Waals surface area (Å²) in [6.45, 7) is -0.900. The molecule has 3 rings (SSSR count). The molecule has 19 heteroatoms. The van der Waals surface area contributed by atoms with Crippen molar-refractivity contribution in [1.29, 1.82) is 0 Å². The van der Waals surface area contributed by atoms with Gasteiger partial charge in [0.15, 0.2) is 17.4 Å².